The van der Waals surface area contributed by atoms with Gasteiger partial charge in [0.15, 0.2) is 11.5 Å². The number of hydrogen-bond donors (Lipinski definition) is 1. The number of carbonyl (C=O) groups excluding carboxylic acids is 2. The highest BCUT2D eigenvalue weighted by molar-refractivity contribution is 6.33. The van der Waals surface area contributed by atoms with E-state index in [4.69, 9.17) is 21.1 Å². The molecule has 2 aromatic carbocycles. The lowest BCUT2D eigenvalue weighted by Crippen LogP contribution is -2.37. The van der Waals surface area contributed by atoms with Crippen LogP contribution in [0.5, 0.6) is 11.5 Å². The molecule has 0 bridgehead atoms. The van der Waals surface area contributed by atoms with Crippen LogP contribution in [0.3, 0.4) is 0 Å². The maximum atomic E-state index is 12.4. The molecule has 2 aliphatic rings. The van der Waals surface area contributed by atoms with Crippen LogP contribution in [0.15, 0.2) is 42.5 Å². The minimum absolute atomic E-state index is 0.0499. The van der Waals surface area contributed by atoms with Gasteiger partial charge in [-0.3, -0.25) is 9.59 Å². The predicted octanol–water partition coefficient (Wildman–Crippen LogP) is 2.65. The first-order valence-corrected chi connectivity index (χ1v) is 8.75. The first kappa shape index (κ1) is 16.7. The number of halogens is 1. The van der Waals surface area contributed by atoms with Crippen molar-refractivity contribution in [1.82, 2.24) is 5.32 Å². The normalized spacial score (nSPS) is 18.7. The van der Waals surface area contributed by atoms with Crippen LogP contribution < -0.4 is 19.7 Å². The largest absolute Gasteiger partial charge is 0.486 e. The Morgan fingerprint density at radius 3 is 2.69 bits per heavy atom. The summed E-state index contributed by atoms with van der Waals surface area (Å²) < 4.78 is 11.1. The molecule has 2 amide bonds. The van der Waals surface area contributed by atoms with Crippen molar-refractivity contribution in [3.63, 3.8) is 0 Å². The summed E-state index contributed by atoms with van der Waals surface area (Å²) in [4.78, 5) is 26.5. The van der Waals surface area contributed by atoms with Gasteiger partial charge in [-0.2, -0.15) is 0 Å². The predicted molar refractivity (Wildman–Crippen MR) is 97.1 cm³/mol. The van der Waals surface area contributed by atoms with Crippen molar-refractivity contribution in [2.45, 2.75) is 12.5 Å². The number of carbonyl (C=O) groups is 2. The Morgan fingerprint density at radius 1 is 1.12 bits per heavy atom. The van der Waals surface area contributed by atoms with E-state index in [1.807, 2.05) is 6.07 Å². The van der Waals surface area contributed by atoms with Crippen LogP contribution in [0.1, 0.15) is 16.8 Å². The third-order valence-electron chi connectivity index (χ3n) is 4.42. The van der Waals surface area contributed by atoms with Crippen molar-refractivity contribution in [3.05, 3.63) is 53.1 Å². The molecule has 1 fully saturated rings. The summed E-state index contributed by atoms with van der Waals surface area (Å²) >= 11 is 6.06. The Hall–Kier alpha value is -2.73. The number of amides is 2. The maximum absolute atomic E-state index is 12.4. The number of rotatable bonds is 3. The van der Waals surface area contributed by atoms with E-state index in [1.54, 1.807) is 41.3 Å². The van der Waals surface area contributed by atoms with Gasteiger partial charge < -0.3 is 19.7 Å². The van der Waals surface area contributed by atoms with Gasteiger partial charge in [0, 0.05) is 24.7 Å². The summed E-state index contributed by atoms with van der Waals surface area (Å²) in [6.07, 6.45) is 0.241. The number of benzene rings is 2. The summed E-state index contributed by atoms with van der Waals surface area (Å²) in [5, 5.41) is 3.27. The number of nitrogens with zero attached hydrogens (tertiary/aromatic N) is 1. The molecule has 4 rings (SSSR count). The molecular formula is C19H17ClN2O4. The molecule has 0 radical (unpaired) electrons. The third-order valence-corrected chi connectivity index (χ3v) is 4.75. The van der Waals surface area contributed by atoms with Crippen molar-refractivity contribution >= 4 is 29.1 Å². The van der Waals surface area contributed by atoms with E-state index in [1.165, 1.54) is 0 Å². The molecule has 2 aliphatic heterocycles. The van der Waals surface area contributed by atoms with E-state index in [2.05, 4.69) is 5.32 Å². The van der Waals surface area contributed by atoms with Gasteiger partial charge in [0.25, 0.3) is 5.91 Å². The molecule has 26 heavy (non-hydrogen) atoms. The van der Waals surface area contributed by atoms with E-state index in [0.717, 1.165) is 5.69 Å². The van der Waals surface area contributed by atoms with Crippen molar-refractivity contribution in [3.8, 4) is 11.5 Å². The monoisotopic (exact) mass is 372 g/mol. The topological polar surface area (TPSA) is 67.9 Å². The Labute approximate surface area is 155 Å². The van der Waals surface area contributed by atoms with Crippen LogP contribution in [0.25, 0.3) is 0 Å². The van der Waals surface area contributed by atoms with Gasteiger partial charge in [-0.1, -0.05) is 23.7 Å². The van der Waals surface area contributed by atoms with E-state index >= 15 is 0 Å². The maximum Gasteiger partial charge on any atom is 0.253 e. The lowest BCUT2D eigenvalue weighted by Gasteiger charge is -2.22. The highest BCUT2D eigenvalue weighted by Crippen LogP contribution is 2.35. The van der Waals surface area contributed by atoms with E-state index in [0.29, 0.717) is 41.8 Å². The SMILES string of the molecule is O=C(N[C@H]1CC(=O)N(c2ccc3c(c2)OCCO3)C1)c1ccccc1Cl. The van der Waals surface area contributed by atoms with E-state index in [-0.39, 0.29) is 24.3 Å². The Kier molecular flexibility index (Phi) is 4.42. The summed E-state index contributed by atoms with van der Waals surface area (Å²) in [5.74, 6) is 0.976. The molecule has 0 spiro atoms. The second-order valence-corrected chi connectivity index (χ2v) is 6.59. The van der Waals surface area contributed by atoms with Crippen LogP contribution in [0.4, 0.5) is 5.69 Å². The fourth-order valence-electron chi connectivity index (χ4n) is 3.16. The molecule has 0 aliphatic carbocycles. The van der Waals surface area contributed by atoms with Gasteiger partial charge in [-0.05, 0) is 24.3 Å². The van der Waals surface area contributed by atoms with Gasteiger partial charge in [0.2, 0.25) is 5.91 Å². The number of fused-ring (bicyclic) bond motifs is 1. The minimum Gasteiger partial charge on any atom is -0.486 e. The van der Waals surface area contributed by atoms with Crippen LogP contribution in [-0.4, -0.2) is 37.6 Å². The van der Waals surface area contributed by atoms with Gasteiger partial charge >= 0.3 is 0 Å². The number of nitrogens with one attached hydrogen (secondary N) is 1. The highest BCUT2D eigenvalue weighted by Gasteiger charge is 2.32. The molecule has 2 aromatic rings. The minimum atomic E-state index is -0.280. The first-order valence-electron chi connectivity index (χ1n) is 8.37. The van der Waals surface area contributed by atoms with Gasteiger partial charge in [0.1, 0.15) is 13.2 Å². The molecule has 0 saturated carbocycles. The molecule has 1 saturated heterocycles. The fourth-order valence-corrected chi connectivity index (χ4v) is 3.38. The lowest BCUT2D eigenvalue weighted by molar-refractivity contribution is -0.117. The summed E-state index contributed by atoms with van der Waals surface area (Å²) in [6, 6.07) is 12.0. The van der Waals surface area contributed by atoms with Crippen molar-refractivity contribution < 1.29 is 19.1 Å². The Morgan fingerprint density at radius 2 is 1.88 bits per heavy atom. The second-order valence-electron chi connectivity index (χ2n) is 6.19. The molecular weight excluding hydrogens is 356 g/mol. The average molecular weight is 373 g/mol. The molecule has 2 heterocycles. The Bertz CT molecular complexity index is 870. The number of anilines is 1. The zero-order valence-electron chi connectivity index (χ0n) is 13.9. The van der Waals surface area contributed by atoms with Gasteiger partial charge in [0.05, 0.1) is 16.6 Å². The van der Waals surface area contributed by atoms with Crippen LogP contribution in [0.2, 0.25) is 5.02 Å². The first-order chi connectivity index (χ1) is 12.6. The molecule has 1 atom stereocenters. The zero-order valence-corrected chi connectivity index (χ0v) is 14.7. The summed E-state index contributed by atoms with van der Waals surface area (Å²) in [5.41, 5.74) is 1.13. The summed E-state index contributed by atoms with van der Waals surface area (Å²) in [6.45, 7) is 1.40. The molecule has 7 heteroatoms. The van der Waals surface area contributed by atoms with Crippen LogP contribution in [0, 0.1) is 0 Å². The molecule has 0 aromatic heterocycles. The Balaban J connectivity index is 1.47. The summed E-state index contributed by atoms with van der Waals surface area (Å²) in [7, 11) is 0. The number of hydrogen-bond acceptors (Lipinski definition) is 4. The average Bonchev–Trinajstić information content (AvgIpc) is 3.01. The number of ether oxygens (including phenoxy) is 2. The highest BCUT2D eigenvalue weighted by atomic mass is 35.5. The van der Waals surface area contributed by atoms with Crippen molar-refractivity contribution in [2.75, 3.05) is 24.7 Å². The quantitative estimate of drug-likeness (QED) is 0.899. The third kappa shape index (κ3) is 3.20. The lowest BCUT2D eigenvalue weighted by atomic mass is 10.2. The van der Waals surface area contributed by atoms with Crippen LogP contribution in [-0.2, 0) is 4.79 Å². The smallest absolute Gasteiger partial charge is 0.253 e. The van der Waals surface area contributed by atoms with Gasteiger partial charge in [-0.15, -0.1) is 0 Å². The van der Waals surface area contributed by atoms with Crippen molar-refractivity contribution in [1.29, 1.82) is 0 Å². The fraction of sp³-hybridized carbons (Fsp3) is 0.263. The molecule has 1 N–H and O–H groups in total. The molecule has 134 valence electrons. The second kappa shape index (κ2) is 6.88. The standard InChI is InChI=1S/C19H17ClN2O4/c20-15-4-2-1-3-14(15)19(24)21-12-9-18(23)22(11-12)13-5-6-16-17(10-13)26-8-7-25-16/h1-6,10,12H,7-9,11H2,(H,21,24)/t12-/m0/s1. The molecule has 0 unspecified atom stereocenters. The van der Waals surface area contributed by atoms with Crippen molar-refractivity contribution in [2.24, 2.45) is 0 Å². The zero-order chi connectivity index (χ0) is 18.1. The molecule has 6 nitrogen and oxygen atoms in total. The van der Waals surface area contributed by atoms with Gasteiger partial charge in [-0.25, -0.2) is 0 Å². The van der Waals surface area contributed by atoms with E-state index < -0.39 is 0 Å². The van der Waals surface area contributed by atoms with Crippen LogP contribution >= 0.6 is 11.6 Å². The van der Waals surface area contributed by atoms with E-state index in [9.17, 15) is 9.59 Å².